The second kappa shape index (κ2) is 11.3. The second-order valence-electron chi connectivity index (χ2n) is 7.44. The van der Waals surface area contributed by atoms with Crippen molar-refractivity contribution >= 4 is 18.0 Å². The fraction of sp³-hybridized carbons (Fsp3) is 0.375. The van der Waals surface area contributed by atoms with E-state index in [4.69, 9.17) is 14.6 Å². The molecule has 1 aliphatic carbocycles. The number of hydrogen-bond donors (Lipinski definition) is 3. The third kappa shape index (κ3) is 5.85. The number of benzene rings is 2. The first kappa shape index (κ1) is 23.3. The van der Waals surface area contributed by atoms with E-state index in [0.29, 0.717) is 13.2 Å². The molecule has 0 fully saturated rings. The van der Waals surface area contributed by atoms with Gasteiger partial charge in [0.2, 0.25) is 5.91 Å². The van der Waals surface area contributed by atoms with Crippen molar-refractivity contribution in [3.63, 3.8) is 0 Å². The van der Waals surface area contributed by atoms with Crippen LogP contribution < -0.4 is 10.6 Å². The molecule has 0 bridgehead atoms. The van der Waals surface area contributed by atoms with Crippen molar-refractivity contribution in [2.45, 2.75) is 31.7 Å². The lowest BCUT2D eigenvalue weighted by Gasteiger charge is -2.19. The number of nitrogens with one attached hydrogen (secondary N) is 2. The van der Waals surface area contributed by atoms with Gasteiger partial charge in [0.05, 0.1) is 6.61 Å². The first-order chi connectivity index (χ1) is 15.5. The molecule has 0 heterocycles. The monoisotopic (exact) mass is 440 g/mol. The Labute approximate surface area is 186 Å². The zero-order valence-corrected chi connectivity index (χ0v) is 18.0. The number of carbonyl (C=O) groups is 3. The lowest BCUT2D eigenvalue weighted by Crippen LogP contribution is -2.48. The highest BCUT2D eigenvalue weighted by molar-refractivity contribution is 5.86. The Morgan fingerprint density at radius 1 is 1.03 bits per heavy atom. The summed E-state index contributed by atoms with van der Waals surface area (Å²) in [4.78, 5) is 35.8. The predicted octanol–water partition coefficient (Wildman–Crippen LogP) is 2.91. The summed E-state index contributed by atoms with van der Waals surface area (Å²) >= 11 is 0. The quantitative estimate of drug-likeness (QED) is 0.463. The molecule has 0 saturated heterocycles. The molecule has 2 aromatic rings. The summed E-state index contributed by atoms with van der Waals surface area (Å²) in [5.74, 6) is -1.63. The van der Waals surface area contributed by atoms with E-state index in [1.54, 1.807) is 0 Å². The van der Waals surface area contributed by atoms with E-state index in [1.807, 2.05) is 55.5 Å². The SMILES string of the molecule is CCOCCNC(=O)C(CCC(=O)O)NC(=O)OCC1c2ccccc2-c2ccccc21. The summed E-state index contributed by atoms with van der Waals surface area (Å²) in [6.07, 6.45) is -1.06. The van der Waals surface area contributed by atoms with Crippen LogP contribution in [0.25, 0.3) is 11.1 Å². The summed E-state index contributed by atoms with van der Waals surface area (Å²) in [6.45, 7) is 3.07. The summed E-state index contributed by atoms with van der Waals surface area (Å²) < 4.78 is 10.6. The van der Waals surface area contributed by atoms with Crippen molar-refractivity contribution in [2.24, 2.45) is 0 Å². The van der Waals surface area contributed by atoms with Crippen molar-refractivity contribution in [3.8, 4) is 11.1 Å². The van der Waals surface area contributed by atoms with E-state index < -0.39 is 24.0 Å². The van der Waals surface area contributed by atoms with Crippen molar-refractivity contribution in [2.75, 3.05) is 26.4 Å². The normalized spacial score (nSPS) is 13.0. The van der Waals surface area contributed by atoms with E-state index in [9.17, 15) is 14.4 Å². The van der Waals surface area contributed by atoms with Crippen LogP contribution in [0.2, 0.25) is 0 Å². The van der Waals surface area contributed by atoms with Gasteiger partial charge in [-0.25, -0.2) is 4.79 Å². The molecule has 170 valence electrons. The molecule has 8 nitrogen and oxygen atoms in total. The first-order valence-corrected chi connectivity index (χ1v) is 10.7. The topological polar surface area (TPSA) is 114 Å². The van der Waals surface area contributed by atoms with Gasteiger partial charge in [-0.2, -0.15) is 0 Å². The second-order valence-corrected chi connectivity index (χ2v) is 7.44. The third-order valence-electron chi connectivity index (χ3n) is 5.35. The Bertz CT molecular complexity index is 916. The smallest absolute Gasteiger partial charge is 0.407 e. The van der Waals surface area contributed by atoms with Gasteiger partial charge in [-0.05, 0) is 35.6 Å². The van der Waals surface area contributed by atoms with Crippen LogP contribution in [0.1, 0.15) is 36.8 Å². The van der Waals surface area contributed by atoms with Crippen LogP contribution in [-0.2, 0) is 19.1 Å². The molecule has 0 saturated carbocycles. The van der Waals surface area contributed by atoms with Gasteiger partial charge in [-0.1, -0.05) is 48.5 Å². The minimum atomic E-state index is -1.05. The zero-order chi connectivity index (χ0) is 22.9. The van der Waals surface area contributed by atoms with Gasteiger partial charge in [0, 0.05) is 25.5 Å². The van der Waals surface area contributed by atoms with E-state index >= 15 is 0 Å². The molecule has 8 heteroatoms. The number of carboxylic acid groups (broad SMARTS) is 1. The number of rotatable bonds is 11. The van der Waals surface area contributed by atoms with Gasteiger partial charge in [-0.15, -0.1) is 0 Å². The molecule has 2 amide bonds. The minimum Gasteiger partial charge on any atom is -0.481 e. The Morgan fingerprint density at radius 2 is 1.66 bits per heavy atom. The van der Waals surface area contributed by atoms with Crippen LogP contribution in [0.5, 0.6) is 0 Å². The lowest BCUT2D eigenvalue weighted by atomic mass is 9.98. The molecule has 2 aromatic carbocycles. The number of carbonyl (C=O) groups excluding carboxylic acids is 2. The van der Waals surface area contributed by atoms with Gasteiger partial charge < -0.3 is 25.2 Å². The highest BCUT2D eigenvalue weighted by Crippen LogP contribution is 2.44. The molecule has 3 rings (SSSR count). The number of alkyl carbamates (subject to hydrolysis) is 1. The van der Waals surface area contributed by atoms with Crippen LogP contribution in [-0.4, -0.2) is 55.5 Å². The largest absolute Gasteiger partial charge is 0.481 e. The first-order valence-electron chi connectivity index (χ1n) is 10.7. The molecule has 0 aromatic heterocycles. The molecule has 1 atom stereocenters. The molecule has 1 unspecified atom stereocenters. The summed E-state index contributed by atoms with van der Waals surface area (Å²) in [5, 5.41) is 14.1. The number of hydrogen-bond acceptors (Lipinski definition) is 5. The Balaban J connectivity index is 1.61. The Morgan fingerprint density at radius 3 is 2.25 bits per heavy atom. The molecule has 0 aliphatic heterocycles. The Kier molecular flexibility index (Phi) is 8.21. The molecule has 32 heavy (non-hydrogen) atoms. The maximum Gasteiger partial charge on any atom is 0.407 e. The van der Waals surface area contributed by atoms with Gasteiger partial charge >= 0.3 is 12.1 Å². The van der Waals surface area contributed by atoms with E-state index in [1.165, 1.54) is 0 Å². The van der Waals surface area contributed by atoms with Gasteiger partial charge in [0.25, 0.3) is 0 Å². The number of fused-ring (bicyclic) bond motifs is 3. The maximum absolute atomic E-state index is 12.5. The highest BCUT2D eigenvalue weighted by Gasteiger charge is 2.29. The summed E-state index contributed by atoms with van der Waals surface area (Å²) in [5.41, 5.74) is 4.39. The summed E-state index contributed by atoms with van der Waals surface area (Å²) in [6, 6.07) is 15.0. The van der Waals surface area contributed by atoms with Crippen LogP contribution in [0, 0.1) is 0 Å². The molecule has 0 spiro atoms. The van der Waals surface area contributed by atoms with Gasteiger partial charge in [-0.3, -0.25) is 9.59 Å². The van der Waals surface area contributed by atoms with E-state index in [0.717, 1.165) is 22.3 Å². The molecule has 3 N–H and O–H groups in total. The van der Waals surface area contributed by atoms with Gasteiger partial charge in [0.15, 0.2) is 0 Å². The van der Waals surface area contributed by atoms with Crippen molar-refractivity contribution in [3.05, 3.63) is 59.7 Å². The van der Waals surface area contributed by atoms with Crippen LogP contribution in [0.3, 0.4) is 0 Å². The number of carboxylic acids is 1. The van der Waals surface area contributed by atoms with Gasteiger partial charge in [0.1, 0.15) is 12.6 Å². The molecular formula is C24H28N2O6. The highest BCUT2D eigenvalue weighted by atomic mass is 16.5. The average Bonchev–Trinajstić information content (AvgIpc) is 3.11. The van der Waals surface area contributed by atoms with Crippen molar-refractivity contribution < 1.29 is 29.0 Å². The zero-order valence-electron chi connectivity index (χ0n) is 18.0. The van der Waals surface area contributed by atoms with Crippen molar-refractivity contribution in [1.29, 1.82) is 0 Å². The number of ether oxygens (including phenoxy) is 2. The number of amides is 2. The molecule has 0 radical (unpaired) electrons. The molecular weight excluding hydrogens is 412 g/mol. The predicted molar refractivity (Wildman–Crippen MR) is 118 cm³/mol. The van der Waals surface area contributed by atoms with Crippen LogP contribution in [0.15, 0.2) is 48.5 Å². The fourth-order valence-electron chi connectivity index (χ4n) is 3.83. The van der Waals surface area contributed by atoms with Crippen molar-refractivity contribution in [1.82, 2.24) is 10.6 Å². The molecule has 1 aliphatic rings. The van der Waals surface area contributed by atoms with E-state index in [2.05, 4.69) is 10.6 Å². The number of aliphatic carboxylic acids is 1. The van der Waals surface area contributed by atoms with Crippen LogP contribution >= 0.6 is 0 Å². The maximum atomic E-state index is 12.5. The third-order valence-corrected chi connectivity index (χ3v) is 5.35. The lowest BCUT2D eigenvalue weighted by molar-refractivity contribution is -0.137. The van der Waals surface area contributed by atoms with E-state index in [-0.39, 0.29) is 31.9 Å². The standard InChI is InChI=1S/C24H28N2O6/c1-2-31-14-13-25-23(29)21(11-12-22(27)28)26-24(30)32-15-20-18-9-5-3-7-16(18)17-8-4-6-10-19(17)20/h3-10,20-21H,2,11-15H2,1H3,(H,25,29)(H,26,30)(H,27,28). The average molecular weight is 440 g/mol. The minimum absolute atomic E-state index is 0.0417. The van der Waals surface area contributed by atoms with Crippen LogP contribution in [0.4, 0.5) is 4.79 Å². The fourth-order valence-corrected chi connectivity index (χ4v) is 3.83. The summed E-state index contributed by atoms with van der Waals surface area (Å²) in [7, 11) is 0. The Hall–Kier alpha value is -3.39.